The molecule has 0 saturated carbocycles. The number of unbranched alkanes of at least 4 members (excludes halogenated alkanes) is 1. The predicted molar refractivity (Wildman–Crippen MR) is 113 cm³/mol. The van der Waals surface area contributed by atoms with E-state index in [1.54, 1.807) is 0 Å². The summed E-state index contributed by atoms with van der Waals surface area (Å²) in [6, 6.07) is -0.00151. The number of ether oxygens (including phenoxy) is 3. The first-order chi connectivity index (χ1) is 14.5. The van der Waals surface area contributed by atoms with Crippen molar-refractivity contribution in [2.75, 3.05) is 13.1 Å². The van der Waals surface area contributed by atoms with Gasteiger partial charge in [0.05, 0.1) is 12.7 Å². The maximum atomic E-state index is 12.7. The summed E-state index contributed by atoms with van der Waals surface area (Å²) in [7, 11) is 0. The van der Waals surface area contributed by atoms with E-state index in [4.69, 9.17) is 19.2 Å². The number of fused-ring (bicyclic) bond motifs is 3. The third-order valence-corrected chi connectivity index (χ3v) is 6.30. The molecule has 7 nitrogen and oxygen atoms in total. The van der Waals surface area contributed by atoms with Gasteiger partial charge in [0.15, 0.2) is 12.6 Å². The van der Waals surface area contributed by atoms with Gasteiger partial charge >= 0.3 is 6.03 Å². The van der Waals surface area contributed by atoms with Crippen LogP contribution in [0.25, 0.3) is 0 Å². The molecule has 1 fully saturated rings. The topological polar surface area (TPSA) is 72.9 Å². The number of aryl methyl sites for hydroxylation is 1. The largest absolute Gasteiger partial charge is 0.373 e. The van der Waals surface area contributed by atoms with Crippen LogP contribution in [0.5, 0.6) is 0 Å². The van der Waals surface area contributed by atoms with Crippen molar-refractivity contribution < 1.29 is 19.0 Å². The first kappa shape index (κ1) is 21.5. The van der Waals surface area contributed by atoms with Crippen molar-refractivity contribution in [2.45, 2.75) is 97.6 Å². The zero-order valence-electron chi connectivity index (χ0n) is 18.5. The lowest BCUT2D eigenvalue weighted by molar-refractivity contribution is -0.377. The summed E-state index contributed by atoms with van der Waals surface area (Å²) in [6.07, 6.45) is 6.79. The average molecular weight is 418 g/mol. The molecule has 1 N–H and O–H groups in total. The van der Waals surface area contributed by atoms with Crippen LogP contribution in [0, 0.1) is 0 Å². The summed E-state index contributed by atoms with van der Waals surface area (Å²) in [5.74, 6) is 0. The lowest BCUT2D eigenvalue weighted by atomic mass is 9.89. The highest BCUT2D eigenvalue weighted by Gasteiger charge is 2.30. The average Bonchev–Trinajstić information content (AvgIpc) is 2.72. The van der Waals surface area contributed by atoms with Crippen molar-refractivity contribution in [3.05, 3.63) is 28.1 Å². The first-order valence-corrected chi connectivity index (χ1v) is 11.5. The number of hydrogen-bond donors (Lipinski definition) is 1. The Hall–Kier alpha value is -1.70. The van der Waals surface area contributed by atoms with E-state index < -0.39 is 0 Å². The van der Waals surface area contributed by atoms with E-state index in [2.05, 4.69) is 19.2 Å². The van der Waals surface area contributed by atoms with Crippen LogP contribution in [-0.4, -0.2) is 47.7 Å². The fourth-order valence-electron chi connectivity index (χ4n) is 4.59. The van der Waals surface area contributed by atoms with Crippen molar-refractivity contribution >= 4 is 6.03 Å². The fraction of sp³-hybridized carbons (Fsp3) is 0.739. The van der Waals surface area contributed by atoms with Crippen molar-refractivity contribution in [3.8, 4) is 0 Å². The summed E-state index contributed by atoms with van der Waals surface area (Å²) < 4.78 is 16.8. The molecule has 0 aliphatic carbocycles. The molecule has 0 radical (unpaired) electrons. The lowest BCUT2D eigenvalue weighted by Crippen LogP contribution is -2.44. The maximum Gasteiger partial charge on any atom is 0.317 e. The van der Waals surface area contributed by atoms with Gasteiger partial charge in [-0.2, -0.15) is 0 Å². The van der Waals surface area contributed by atoms with E-state index >= 15 is 0 Å². The standard InChI is InChI=1S/C23H35N3O4/c1-4-5-7-20-17-12-15(2)28-14-19(17)18-13-26(11-9-21(18)25-20)23(27)24-10-6-8-22-29-16(3)30-22/h15-16,22H,4-14H2,1-3H3,(H,24,27)/t15-,16?,22?/m0/s1. The van der Waals surface area contributed by atoms with Gasteiger partial charge in [-0.05, 0) is 49.8 Å². The minimum absolute atomic E-state index is 0.00151. The van der Waals surface area contributed by atoms with Crippen molar-refractivity contribution in [3.63, 3.8) is 0 Å². The molecule has 1 atom stereocenters. The van der Waals surface area contributed by atoms with Gasteiger partial charge in [0.25, 0.3) is 0 Å². The van der Waals surface area contributed by atoms with E-state index in [1.807, 2.05) is 11.8 Å². The number of rotatable bonds is 7. The van der Waals surface area contributed by atoms with E-state index in [1.165, 1.54) is 28.8 Å². The van der Waals surface area contributed by atoms with Gasteiger partial charge in [-0.1, -0.05) is 13.3 Å². The Bertz CT molecular complexity index is 763. The Morgan fingerprint density at radius 3 is 2.80 bits per heavy atom. The van der Waals surface area contributed by atoms with Crippen LogP contribution in [0.4, 0.5) is 4.79 Å². The molecule has 30 heavy (non-hydrogen) atoms. The molecule has 2 amide bonds. The maximum absolute atomic E-state index is 12.7. The van der Waals surface area contributed by atoms with Crippen LogP contribution in [0.1, 0.15) is 74.5 Å². The molecule has 7 heteroatoms. The van der Waals surface area contributed by atoms with Gasteiger partial charge in [-0.25, -0.2) is 4.79 Å². The number of nitrogens with zero attached hydrogens (tertiary/aromatic N) is 2. The monoisotopic (exact) mass is 417 g/mol. The third-order valence-electron chi connectivity index (χ3n) is 6.30. The molecule has 3 aliphatic heterocycles. The van der Waals surface area contributed by atoms with Gasteiger partial charge in [0, 0.05) is 50.3 Å². The van der Waals surface area contributed by atoms with Gasteiger partial charge in [0.1, 0.15) is 0 Å². The SMILES string of the molecule is CCCCc1nc2c(c3c1C[C@H](C)OC3)CN(C(=O)NCCCC1OC(C)O1)CC2. The number of pyridine rings is 1. The number of nitrogens with one attached hydrogen (secondary N) is 1. The van der Waals surface area contributed by atoms with E-state index in [0.717, 1.165) is 44.2 Å². The summed E-state index contributed by atoms with van der Waals surface area (Å²) in [5, 5.41) is 3.05. The summed E-state index contributed by atoms with van der Waals surface area (Å²) in [6.45, 7) is 8.84. The molecule has 166 valence electrons. The molecule has 4 heterocycles. The van der Waals surface area contributed by atoms with Crippen molar-refractivity contribution in [1.82, 2.24) is 15.2 Å². The zero-order chi connectivity index (χ0) is 21.1. The van der Waals surface area contributed by atoms with Crippen LogP contribution in [-0.2, 0) is 46.6 Å². The van der Waals surface area contributed by atoms with Crippen LogP contribution in [0.3, 0.4) is 0 Å². The van der Waals surface area contributed by atoms with Crippen LogP contribution in [0.2, 0.25) is 0 Å². The van der Waals surface area contributed by atoms with Crippen LogP contribution >= 0.6 is 0 Å². The first-order valence-electron chi connectivity index (χ1n) is 11.5. The second-order valence-corrected chi connectivity index (χ2v) is 8.69. The molecule has 1 saturated heterocycles. The second-order valence-electron chi connectivity index (χ2n) is 8.69. The summed E-state index contributed by atoms with van der Waals surface area (Å²) >= 11 is 0. The minimum atomic E-state index is -0.111. The van der Waals surface area contributed by atoms with E-state index in [-0.39, 0.29) is 24.7 Å². The molecule has 1 aromatic heterocycles. The summed E-state index contributed by atoms with van der Waals surface area (Å²) in [4.78, 5) is 19.7. The van der Waals surface area contributed by atoms with Gasteiger partial charge < -0.3 is 24.4 Å². The Morgan fingerprint density at radius 1 is 1.20 bits per heavy atom. The normalized spacial score (nSPS) is 25.3. The van der Waals surface area contributed by atoms with Crippen molar-refractivity contribution in [1.29, 1.82) is 0 Å². The Labute approximate surface area is 179 Å². The van der Waals surface area contributed by atoms with E-state index in [0.29, 0.717) is 26.2 Å². The highest BCUT2D eigenvalue weighted by molar-refractivity contribution is 5.74. The van der Waals surface area contributed by atoms with Crippen LogP contribution < -0.4 is 5.32 Å². The molecule has 1 aromatic rings. The zero-order valence-corrected chi connectivity index (χ0v) is 18.5. The predicted octanol–water partition coefficient (Wildman–Crippen LogP) is 3.45. The molecular weight excluding hydrogens is 382 g/mol. The Balaban J connectivity index is 1.38. The Morgan fingerprint density at radius 2 is 2.03 bits per heavy atom. The number of carbonyl (C=O) groups is 1. The quantitative estimate of drug-likeness (QED) is 0.688. The highest BCUT2D eigenvalue weighted by atomic mass is 16.9. The summed E-state index contributed by atoms with van der Waals surface area (Å²) in [5.41, 5.74) is 6.29. The molecule has 0 spiro atoms. The molecule has 0 aromatic carbocycles. The van der Waals surface area contributed by atoms with Crippen molar-refractivity contribution in [2.24, 2.45) is 0 Å². The van der Waals surface area contributed by atoms with Gasteiger partial charge in [0.2, 0.25) is 0 Å². The molecular formula is C23H35N3O4. The minimum Gasteiger partial charge on any atom is -0.373 e. The van der Waals surface area contributed by atoms with Gasteiger partial charge in [-0.3, -0.25) is 4.98 Å². The molecule has 0 unspecified atom stereocenters. The fourth-order valence-corrected chi connectivity index (χ4v) is 4.59. The lowest BCUT2D eigenvalue weighted by Gasteiger charge is -2.34. The van der Waals surface area contributed by atoms with E-state index in [9.17, 15) is 4.79 Å². The van der Waals surface area contributed by atoms with Gasteiger partial charge in [-0.15, -0.1) is 0 Å². The second kappa shape index (κ2) is 9.62. The number of aromatic nitrogens is 1. The number of carbonyl (C=O) groups excluding carboxylic acids is 1. The number of urea groups is 1. The Kier molecular flexibility index (Phi) is 6.91. The molecule has 4 rings (SSSR count). The number of amides is 2. The van der Waals surface area contributed by atoms with Crippen LogP contribution in [0.15, 0.2) is 0 Å². The molecule has 3 aliphatic rings. The number of hydrogen-bond acceptors (Lipinski definition) is 5. The third kappa shape index (κ3) is 4.79. The highest BCUT2D eigenvalue weighted by Crippen LogP contribution is 2.32. The smallest absolute Gasteiger partial charge is 0.317 e. The molecule has 0 bridgehead atoms.